The SMILES string of the molecule is CC(C)CCC[C@@H](C)[C@H]1CCC2C3CC=C4C[C@@H](OCCCC(=O)CC(C)O)CC[C@]4(C)C3CC[C@@]21C. The van der Waals surface area contributed by atoms with E-state index < -0.39 is 6.10 Å². The van der Waals surface area contributed by atoms with Crippen LogP contribution in [0.25, 0.3) is 0 Å². The Labute approximate surface area is 228 Å². The van der Waals surface area contributed by atoms with Crippen LogP contribution in [-0.2, 0) is 9.53 Å². The quantitative estimate of drug-likeness (QED) is 0.210. The highest BCUT2D eigenvalue weighted by atomic mass is 16.5. The van der Waals surface area contributed by atoms with Gasteiger partial charge in [-0.2, -0.15) is 0 Å². The first-order valence-corrected chi connectivity index (χ1v) is 16.1. The van der Waals surface area contributed by atoms with Gasteiger partial charge in [0.15, 0.2) is 0 Å². The van der Waals surface area contributed by atoms with E-state index in [0.717, 1.165) is 54.8 Å². The minimum absolute atomic E-state index is 0.152. The fourth-order valence-corrected chi connectivity index (χ4v) is 9.75. The van der Waals surface area contributed by atoms with Gasteiger partial charge in [0.05, 0.1) is 12.2 Å². The summed E-state index contributed by atoms with van der Waals surface area (Å²) in [6.45, 7) is 15.0. The Balaban J connectivity index is 1.32. The summed E-state index contributed by atoms with van der Waals surface area (Å²) in [5.74, 6) is 5.47. The van der Waals surface area contributed by atoms with Gasteiger partial charge in [-0.1, -0.05) is 65.5 Å². The molecule has 0 aliphatic heterocycles. The molecule has 0 radical (unpaired) electrons. The fourth-order valence-electron chi connectivity index (χ4n) is 9.75. The minimum atomic E-state index is -0.530. The van der Waals surface area contributed by atoms with Crippen molar-refractivity contribution in [1.82, 2.24) is 0 Å². The van der Waals surface area contributed by atoms with Crippen molar-refractivity contribution >= 4 is 5.78 Å². The van der Waals surface area contributed by atoms with Gasteiger partial charge in [-0.3, -0.25) is 4.79 Å². The summed E-state index contributed by atoms with van der Waals surface area (Å²) < 4.78 is 6.29. The summed E-state index contributed by atoms with van der Waals surface area (Å²) in [5.41, 5.74) is 2.62. The molecular formula is C34H58O3. The van der Waals surface area contributed by atoms with Gasteiger partial charge < -0.3 is 9.84 Å². The lowest BCUT2D eigenvalue weighted by Crippen LogP contribution is -2.51. The van der Waals surface area contributed by atoms with Crippen molar-refractivity contribution in [3.63, 3.8) is 0 Å². The highest BCUT2D eigenvalue weighted by Gasteiger charge is 2.59. The van der Waals surface area contributed by atoms with Gasteiger partial charge in [0.1, 0.15) is 5.78 Å². The second-order valence-corrected chi connectivity index (χ2v) is 14.7. The average Bonchev–Trinajstić information content (AvgIpc) is 3.18. The maximum Gasteiger partial charge on any atom is 0.135 e. The third-order valence-electron chi connectivity index (χ3n) is 11.7. The molecule has 4 unspecified atom stereocenters. The van der Waals surface area contributed by atoms with Crippen LogP contribution in [0, 0.1) is 46.3 Å². The van der Waals surface area contributed by atoms with Crippen molar-refractivity contribution in [3.05, 3.63) is 11.6 Å². The normalized spacial score (nSPS) is 38.9. The molecule has 0 heterocycles. The highest BCUT2D eigenvalue weighted by molar-refractivity contribution is 5.78. The average molecular weight is 515 g/mol. The van der Waals surface area contributed by atoms with E-state index >= 15 is 0 Å². The zero-order valence-corrected chi connectivity index (χ0v) is 25.1. The third-order valence-corrected chi connectivity index (χ3v) is 11.7. The van der Waals surface area contributed by atoms with E-state index in [1.165, 1.54) is 57.8 Å². The fraction of sp³-hybridized carbons (Fsp3) is 0.912. The molecule has 0 aromatic heterocycles. The van der Waals surface area contributed by atoms with Crippen LogP contribution in [0.1, 0.15) is 131 Å². The van der Waals surface area contributed by atoms with Gasteiger partial charge in [0.25, 0.3) is 0 Å². The van der Waals surface area contributed by atoms with Gasteiger partial charge >= 0.3 is 0 Å². The lowest BCUT2D eigenvalue weighted by molar-refractivity contribution is -0.121. The molecule has 0 amide bonds. The second kappa shape index (κ2) is 12.2. The summed E-state index contributed by atoms with van der Waals surface area (Å²) in [5, 5.41) is 9.39. The minimum Gasteiger partial charge on any atom is -0.393 e. The summed E-state index contributed by atoms with van der Waals surface area (Å²) in [7, 11) is 0. The molecule has 0 aromatic carbocycles. The number of ketones is 1. The Morgan fingerprint density at radius 1 is 1.03 bits per heavy atom. The van der Waals surface area contributed by atoms with Gasteiger partial charge in [0, 0.05) is 19.4 Å². The van der Waals surface area contributed by atoms with Crippen LogP contribution >= 0.6 is 0 Å². The number of Topliss-reactive ketones (excluding diaryl/α,β-unsaturated/α-hetero) is 1. The Hall–Kier alpha value is -0.670. The van der Waals surface area contributed by atoms with E-state index in [1.54, 1.807) is 12.5 Å². The Morgan fingerprint density at radius 2 is 1.81 bits per heavy atom. The molecule has 0 spiro atoms. The molecule has 37 heavy (non-hydrogen) atoms. The number of allylic oxidation sites excluding steroid dienone is 1. The number of carbonyl (C=O) groups excluding carboxylic acids is 1. The number of rotatable bonds is 12. The summed E-state index contributed by atoms with van der Waals surface area (Å²) in [4.78, 5) is 11.9. The van der Waals surface area contributed by atoms with E-state index in [4.69, 9.17) is 4.74 Å². The number of aliphatic hydroxyl groups excluding tert-OH is 1. The molecule has 4 rings (SSSR count). The number of fused-ring (bicyclic) bond motifs is 5. The highest BCUT2D eigenvalue weighted by Crippen LogP contribution is 2.67. The lowest BCUT2D eigenvalue weighted by Gasteiger charge is -2.58. The monoisotopic (exact) mass is 514 g/mol. The zero-order valence-electron chi connectivity index (χ0n) is 25.1. The maximum atomic E-state index is 11.9. The largest absolute Gasteiger partial charge is 0.393 e. The molecule has 0 saturated heterocycles. The molecule has 3 saturated carbocycles. The summed E-state index contributed by atoms with van der Waals surface area (Å²) >= 11 is 0. The van der Waals surface area contributed by atoms with E-state index in [9.17, 15) is 9.90 Å². The van der Waals surface area contributed by atoms with Gasteiger partial charge in [-0.15, -0.1) is 0 Å². The smallest absolute Gasteiger partial charge is 0.135 e. The van der Waals surface area contributed by atoms with Crippen LogP contribution in [0.2, 0.25) is 0 Å². The molecule has 3 fully saturated rings. The van der Waals surface area contributed by atoms with E-state index in [2.05, 4.69) is 40.7 Å². The second-order valence-electron chi connectivity index (χ2n) is 14.7. The molecule has 4 aliphatic carbocycles. The maximum absolute atomic E-state index is 11.9. The predicted molar refractivity (Wildman–Crippen MR) is 153 cm³/mol. The third kappa shape index (κ3) is 6.40. The first kappa shape index (κ1) is 29.3. The Kier molecular flexibility index (Phi) is 9.70. The number of hydrogen-bond donors (Lipinski definition) is 1. The van der Waals surface area contributed by atoms with Crippen molar-refractivity contribution < 1.29 is 14.6 Å². The first-order valence-electron chi connectivity index (χ1n) is 16.1. The summed E-state index contributed by atoms with van der Waals surface area (Å²) in [6.07, 6.45) is 18.9. The molecule has 3 heteroatoms. The molecule has 3 nitrogen and oxygen atoms in total. The molecule has 0 aromatic rings. The van der Waals surface area contributed by atoms with Crippen LogP contribution < -0.4 is 0 Å². The molecule has 0 bridgehead atoms. The van der Waals surface area contributed by atoms with E-state index in [0.29, 0.717) is 30.0 Å². The number of aliphatic hydroxyl groups is 1. The first-order chi connectivity index (χ1) is 17.5. The molecule has 1 N–H and O–H groups in total. The topological polar surface area (TPSA) is 46.5 Å². The zero-order chi connectivity index (χ0) is 26.8. The number of hydrogen-bond acceptors (Lipinski definition) is 3. The van der Waals surface area contributed by atoms with Crippen LogP contribution in [0.5, 0.6) is 0 Å². The summed E-state index contributed by atoms with van der Waals surface area (Å²) in [6, 6.07) is 0. The van der Waals surface area contributed by atoms with Crippen molar-refractivity contribution in [3.8, 4) is 0 Å². The van der Waals surface area contributed by atoms with Gasteiger partial charge in [0.2, 0.25) is 0 Å². The standard InChI is InChI=1S/C34H58O3/c1-23(2)9-7-10-24(3)30-14-15-31-29-13-12-26-22-28(37-20-8-11-27(36)21-25(4)35)16-18-33(26,5)32(29)17-19-34(30,31)6/h12,23-25,28-32,35H,7-11,13-22H2,1-6H3/t24-,25?,28+,29?,30-,31?,32?,33+,34-/m1/s1. The number of carbonyl (C=O) groups is 1. The predicted octanol–water partition coefficient (Wildman–Crippen LogP) is 8.53. The van der Waals surface area contributed by atoms with Crippen molar-refractivity contribution in [2.75, 3.05) is 6.61 Å². The van der Waals surface area contributed by atoms with Crippen molar-refractivity contribution in [2.45, 2.75) is 144 Å². The van der Waals surface area contributed by atoms with E-state index in [1.807, 2.05) is 0 Å². The van der Waals surface area contributed by atoms with Crippen LogP contribution in [0.15, 0.2) is 11.6 Å². The molecule has 4 aliphatic rings. The Bertz CT molecular complexity index is 799. The number of ether oxygens (including phenoxy) is 1. The van der Waals surface area contributed by atoms with E-state index in [-0.39, 0.29) is 12.2 Å². The van der Waals surface area contributed by atoms with Crippen LogP contribution in [-0.4, -0.2) is 29.7 Å². The lowest BCUT2D eigenvalue weighted by atomic mass is 9.47. The van der Waals surface area contributed by atoms with Gasteiger partial charge in [-0.25, -0.2) is 0 Å². The molecule has 212 valence electrons. The molecule has 9 atom stereocenters. The van der Waals surface area contributed by atoms with Crippen LogP contribution in [0.3, 0.4) is 0 Å². The van der Waals surface area contributed by atoms with Gasteiger partial charge in [-0.05, 0) is 111 Å². The van der Waals surface area contributed by atoms with Crippen LogP contribution in [0.4, 0.5) is 0 Å². The molecular weight excluding hydrogens is 456 g/mol. The van der Waals surface area contributed by atoms with Crippen molar-refractivity contribution in [2.24, 2.45) is 46.3 Å². The Morgan fingerprint density at radius 3 is 2.54 bits per heavy atom. The van der Waals surface area contributed by atoms with Crippen molar-refractivity contribution in [1.29, 1.82) is 0 Å².